The molecule has 1 aromatic rings. The first-order valence-electron chi connectivity index (χ1n) is 2.93. The summed E-state index contributed by atoms with van der Waals surface area (Å²) in [4.78, 5) is 10.4. The lowest BCUT2D eigenvalue weighted by Crippen LogP contribution is -1.85. The maximum atomic E-state index is 10.4. The molecule has 0 aliphatic carbocycles. The van der Waals surface area contributed by atoms with Gasteiger partial charge in [0.25, 0.3) is 0 Å². The van der Waals surface area contributed by atoms with Crippen LogP contribution in [0.25, 0.3) is 0 Å². The van der Waals surface area contributed by atoms with Crippen LogP contribution < -0.4 is 0 Å². The molecule has 0 spiro atoms. The number of aromatic hydroxyl groups is 2. The summed E-state index contributed by atoms with van der Waals surface area (Å²) in [6.45, 7) is 0. The molecule has 3 nitrogen and oxygen atoms in total. The molecule has 0 radical (unpaired) electrons. The number of halogens is 2. The molecule has 5 heteroatoms. The second-order valence-corrected chi connectivity index (χ2v) is 3.72. The minimum Gasteiger partial charge on any atom is -0.507 e. The van der Waals surface area contributed by atoms with Gasteiger partial charge in [-0.2, -0.15) is 0 Å². The fourth-order valence-corrected chi connectivity index (χ4v) is 1.55. The average Bonchev–Trinajstić information content (AvgIpc) is 2.01. The lowest BCUT2D eigenvalue weighted by atomic mass is 10.2. The lowest BCUT2D eigenvalue weighted by Gasteiger charge is -2.04. The van der Waals surface area contributed by atoms with Crippen LogP contribution in [0, 0.1) is 0 Å². The molecule has 1 rings (SSSR count). The van der Waals surface area contributed by atoms with E-state index < -0.39 is 0 Å². The molecule has 0 aromatic heterocycles. The number of hydrogen-bond acceptors (Lipinski definition) is 3. The van der Waals surface area contributed by atoms with Crippen molar-refractivity contribution in [2.75, 3.05) is 0 Å². The van der Waals surface area contributed by atoms with Gasteiger partial charge >= 0.3 is 0 Å². The summed E-state index contributed by atoms with van der Waals surface area (Å²) >= 11 is 5.95. The third kappa shape index (κ3) is 1.47. The highest BCUT2D eigenvalue weighted by atomic mass is 79.9. The van der Waals surface area contributed by atoms with Gasteiger partial charge < -0.3 is 10.2 Å². The zero-order valence-electron chi connectivity index (χ0n) is 5.71. The number of rotatable bonds is 1. The summed E-state index contributed by atoms with van der Waals surface area (Å²) in [5, 5.41) is 18.4. The number of benzene rings is 1. The molecule has 12 heavy (non-hydrogen) atoms. The van der Waals surface area contributed by atoms with Gasteiger partial charge in [0.2, 0.25) is 0 Å². The van der Waals surface area contributed by atoms with Gasteiger partial charge in [0, 0.05) is 4.47 Å². The van der Waals surface area contributed by atoms with Crippen LogP contribution in [-0.2, 0) is 0 Å². The van der Waals surface area contributed by atoms with Crippen LogP contribution in [0.4, 0.5) is 0 Å². The highest BCUT2D eigenvalue weighted by Gasteiger charge is 2.13. The molecule has 2 N–H and O–H groups in total. The van der Waals surface area contributed by atoms with Crippen LogP contribution in [0.2, 0.25) is 0 Å². The Hall–Kier alpha value is -0.550. The van der Waals surface area contributed by atoms with Crippen molar-refractivity contribution in [2.45, 2.75) is 0 Å². The Morgan fingerprint density at radius 1 is 1.33 bits per heavy atom. The summed E-state index contributed by atoms with van der Waals surface area (Å²) in [7, 11) is 0. The van der Waals surface area contributed by atoms with Crippen LogP contribution in [-0.4, -0.2) is 16.5 Å². The second-order valence-electron chi connectivity index (χ2n) is 2.07. The van der Waals surface area contributed by atoms with E-state index in [4.69, 9.17) is 5.11 Å². The van der Waals surface area contributed by atoms with E-state index in [2.05, 4.69) is 31.9 Å². The topological polar surface area (TPSA) is 57.5 Å². The Bertz CT molecular complexity index is 336. The summed E-state index contributed by atoms with van der Waals surface area (Å²) in [5.41, 5.74) is 0.111. The van der Waals surface area contributed by atoms with Gasteiger partial charge in [0.1, 0.15) is 16.0 Å². The number of phenolic OH excluding ortho intramolecular Hbond substituents is 2. The molecule has 0 aliphatic rings. The normalized spacial score (nSPS) is 9.83. The Kier molecular flexibility index (Phi) is 2.74. The predicted octanol–water partition coefficient (Wildman–Crippen LogP) is 2.44. The number of hydrogen-bond donors (Lipinski definition) is 2. The van der Waals surface area contributed by atoms with Crippen molar-refractivity contribution in [1.29, 1.82) is 0 Å². The van der Waals surface area contributed by atoms with Gasteiger partial charge in [-0.1, -0.05) is 0 Å². The summed E-state index contributed by atoms with van der Waals surface area (Å²) in [5.74, 6) is -0.387. The summed E-state index contributed by atoms with van der Waals surface area (Å²) in [6, 6.07) is 1.33. The quantitative estimate of drug-likeness (QED) is 0.783. The monoisotopic (exact) mass is 294 g/mol. The number of carbonyl (C=O) groups is 1. The van der Waals surface area contributed by atoms with Crippen molar-refractivity contribution in [1.82, 2.24) is 0 Å². The Morgan fingerprint density at radius 3 is 2.42 bits per heavy atom. The summed E-state index contributed by atoms with van der Waals surface area (Å²) < 4.78 is 0.475. The zero-order chi connectivity index (χ0) is 9.30. The van der Waals surface area contributed by atoms with E-state index in [9.17, 15) is 9.90 Å². The van der Waals surface area contributed by atoms with Gasteiger partial charge in [-0.05, 0) is 37.9 Å². The van der Waals surface area contributed by atoms with E-state index in [0.717, 1.165) is 0 Å². The highest BCUT2D eigenvalue weighted by Crippen LogP contribution is 2.39. The number of aldehydes is 1. The molecule has 0 fully saturated rings. The maximum Gasteiger partial charge on any atom is 0.154 e. The molecule has 0 aliphatic heterocycles. The molecule has 0 saturated heterocycles. The van der Waals surface area contributed by atoms with Crippen LogP contribution >= 0.6 is 31.9 Å². The van der Waals surface area contributed by atoms with E-state index in [1.165, 1.54) is 6.07 Å². The lowest BCUT2D eigenvalue weighted by molar-refractivity contribution is 0.112. The van der Waals surface area contributed by atoms with Crippen LogP contribution in [0.5, 0.6) is 11.5 Å². The first-order valence-corrected chi connectivity index (χ1v) is 4.51. The molecule has 0 atom stereocenters. The van der Waals surface area contributed by atoms with Crippen molar-refractivity contribution in [3.8, 4) is 11.5 Å². The molecular weight excluding hydrogens is 292 g/mol. The first-order chi connectivity index (χ1) is 5.57. The Balaban J connectivity index is 3.51. The van der Waals surface area contributed by atoms with Crippen molar-refractivity contribution in [2.24, 2.45) is 0 Å². The largest absolute Gasteiger partial charge is 0.507 e. The van der Waals surface area contributed by atoms with Gasteiger partial charge in [0.15, 0.2) is 6.29 Å². The zero-order valence-corrected chi connectivity index (χ0v) is 8.89. The van der Waals surface area contributed by atoms with Crippen molar-refractivity contribution < 1.29 is 15.0 Å². The molecule has 0 bridgehead atoms. The smallest absolute Gasteiger partial charge is 0.154 e. The van der Waals surface area contributed by atoms with Crippen LogP contribution in [0.3, 0.4) is 0 Å². The number of phenols is 2. The maximum absolute atomic E-state index is 10.4. The molecule has 0 amide bonds. The molecule has 1 aromatic carbocycles. The minimum atomic E-state index is -0.267. The average molecular weight is 296 g/mol. The van der Waals surface area contributed by atoms with Gasteiger partial charge in [-0.25, -0.2) is 0 Å². The van der Waals surface area contributed by atoms with Gasteiger partial charge in [-0.15, -0.1) is 0 Å². The van der Waals surface area contributed by atoms with Gasteiger partial charge in [-0.3, -0.25) is 4.79 Å². The minimum absolute atomic E-state index is 0.111. The van der Waals surface area contributed by atoms with Crippen LogP contribution in [0.1, 0.15) is 10.4 Å². The Morgan fingerprint density at radius 2 is 1.92 bits per heavy atom. The SMILES string of the molecule is O=Cc1c(Br)cc(O)c(Br)c1O. The molecule has 0 saturated carbocycles. The second kappa shape index (κ2) is 3.45. The standard InChI is InChI=1S/C7H4Br2O3/c8-4-1-5(11)6(9)7(12)3(4)2-10/h1-2,11-12H. The Labute approximate surface area is 85.3 Å². The van der Waals surface area contributed by atoms with E-state index in [0.29, 0.717) is 10.8 Å². The molecular formula is C7H4Br2O3. The van der Waals surface area contributed by atoms with Crippen molar-refractivity contribution in [3.63, 3.8) is 0 Å². The van der Waals surface area contributed by atoms with Crippen LogP contribution in [0.15, 0.2) is 15.0 Å². The van der Waals surface area contributed by atoms with E-state index in [1.54, 1.807) is 0 Å². The first kappa shape index (κ1) is 9.54. The number of carbonyl (C=O) groups excluding carboxylic acids is 1. The fraction of sp³-hybridized carbons (Fsp3) is 0. The molecule has 0 unspecified atom stereocenters. The van der Waals surface area contributed by atoms with Gasteiger partial charge in [0.05, 0.1) is 5.56 Å². The van der Waals surface area contributed by atoms with E-state index in [-0.39, 0.29) is 21.5 Å². The van der Waals surface area contributed by atoms with Crippen molar-refractivity contribution >= 4 is 38.1 Å². The molecule has 0 heterocycles. The summed E-state index contributed by atoms with van der Waals surface area (Å²) in [6.07, 6.45) is 0.504. The van der Waals surface area contributed by atoms with E-state index >= 15 is 0 Å². The highest BCUT2D eigenvalue weighted by molar-refractivity contribution is 9.11. The van der Waals surface area contributed by atoms with Crippen molar-refractivity contribution in [3.05, 3.63) is 20.6 Å². The van der Waals surface area contributed by atoms with E-state index in [1.807, 2.05) is 0 Å². The third-order valence-electron chi connectivity index (χ3n) is 1.33. The predicted molar refractivity (Wildman–Crippen MR) is 50.6 cm³/mol. The molecule has 64 valence electrons. The third-order valence-corrected chi connectivity index (χ3v) is 2.76. The fourth-order valence-electron chi connectivity index (χ4n) is 0.726.